The van der Waals surface area contributed by atoms with E-state index in [2.05, 4.69) is 5.73 Å². The van der Waals surface area contributed by atoms with Gasteiger partial charge < -0.3 is 20.5 Å². The highest BCUT2D eigenvalue weighted by Crippen LogP contribution is 2.17. The van der Waals surface area contributed by atoms with Crippen LogP contribution in [-0.2, 0) is 0 Å². The van der Waals surface area contributed by atoms with Crippen LogP contribution in [0.3, 0.4) is 0 Å². The highest BCUT2D eigenvalue weighted by Gasteiger charge is 2.10. The first kappa shape index (κ1) is 12.0. The number of aliphatic hydroxyl groups is 1. The fraction of sp³-hybridized carbons (Fsp3) is 0.455. The maximum atomic E-state index is 9.61. The quantitative estimate of drug-likeness (QED) is 0.553. The third-order valence-electron chi connectivity index (χ3n) is 2.05. The molecule has 4 nitrogen and oxygen atoms in total. The molecule has 0 fully saturated rings. The zero-order valence-corrected chi connectivity index (χ0v) is 9.36. The minimum atomic E-state index is -0.436. The van der Waals surface area contributed by atoms with Gasteiger partial charge in [-0.3, -0.25) is 0 Å². The van der Waals surface area contributed by atoms with Crippen molar-refractivity contribution < 1.29 is 20.5 Å². The maximum absolute atomic E-state index is 9.61. The first-order valence-corrected chi connectivity index (χ1v) is 5.10. The average Bonchev–Trinajstić information content (AvgIpc) is 2.15. The van der Waals surface area contributed by atoms with E-state index in [1.807, 2.05) is 38.4 Å². The Kier molecular flexibility index (Phi) is 4.55. The van der Waals surface area contributed by atoms with E-state index in [0.717, 1.165) is 11.4 Å². The number of hydrogen-bond donors (Lipinski definition) is 3. The van der Waals surface area contributed by atoms with Crippen molar-refractivity contribution in [3.63, 3.8) is 0 Å². The number of para-hydroxylation sites is 1. The number of rotatable bonds is 5. The standard InChI is InChI=1S/C11H18N2O2/c1-13(2)7-9(14)8-15-11-6-4-3-5-10(11)12/h3-6,9,14H,7-8,12H2,1-2H3/p+2. The van der Waals surface area contributed by atoms with Crippen LogP contribution in [0.4, 0.5) is 5.69 Å². The first-order valence-electron chi connectivity index (χ1n) is 5.10. The van der Waals surface area contributed by atoms with E-state index in [-0.39, 0.29) is 0 Å². The molecule has 4 heteroatoms. The minimum absolute atomic E-state index is 0.317. The third-order valence-corrected chi connectivity index (χ3v) is 2.05. The molecule has 0 amide bonds. The summed E-state index contributed by atoms with van der Waals surface area (Å²) < 4.78 is 5.47. The van der Waals surface area contributed by atoms with Crippen LogP contribution < -0.4 is 15.4 Å². The second-order valence-corrected chi connectivity index (χ2v) is 3.98. The van der Waals surface area contributed by atoms with Gasteiger partial charge in [-0.2, -0.15) is 0 Å². The van der Waals surface area contributed by atoms with Gasteiger partial charge >= 0.3 is 0 Å². The lowest BCUT2D eigenvalue weighted by Gasteiger charge is -2.14. The number of ether oxygens (including phenoxy) is 1. The SMILES string of the molecule is C[NH+](C)CC(O)COc1ccccc1[NH3+]. The van der Waals surface area contributed by atoms with Crippen molar-refractivity contribution >= 4 is 5.69 Å². The predicted octanol–water partition coefficient (Wildman–Crippen LogP) is -1.56. The molecule has 0 spiro atoms. The summed E-state index contributed by atoms with van der Waals surface area (Å²) in [4.78, 5) is 1.20. The maximum Gasteiger partial charge on any atom is 0.179 e. The molecule has 15 heavy (non-hydrogen) atoms. The molecule has 0 heterocycles. The molecule has 0 aliphatic heterocycles. The van der Waals surface area contributed by atoms with Crippen molar-refractivity contribution in [2.24, 2.45) is 0 Å². The molecule has 1 unspecified atom stereocenters. The Balaban J connectivity index is 2.40. The summed E-state index contributed by atoms with van der Waals surface area (Å²) in [5, 5.41) is 9.61. The Morgan fingerprint density at radius 2 is 2.07 bits per heavy atom. The van der Waals surface area contributed by atoms with Gasteiger partial charge in [-0.25, -0.2) is 0 Å². The first-order chi connectivity index (χ1) is 7.09. The van der Waals surface area contributed by atoms with Crippen LogP contribution >= 0.6 is 0 Å². The van der Waals surface area contributed by atoms with E-state index >= 15 is 0 Å². The summed E-state index contributed by atoms with van der Waals surface area (Å²) >= 11 is 0. The molecule has 0 saturated carbocycles. The molecule has 1 aromatic carbocycles. The zero-order chi connectivity index (χ0) is 11.3. The highest BCUT2D eigenvalue weighted by molar-refractivity contribution is 5.44. The van der Waals surface area contributed by atoms with Crippen LogP contribution in [-0.4, -0.2) is 38.5 Å². The van der Waals surface area contributed by atoms with Gasteiger partial charge in [-0.1, -0.05) is 12.1 Å². The second-order valence-electron chi connectivity index (χ2n) is 3.98. The normalized spacial score (nSPS) is 12.9. The van der Waals surface area contributed by atoms with Crippen LogP contribution in [0.15, 0.2) is 24.3 Å². The molecule has 0 saturated heterocycles. The van der Waals surface area contributed by atoms with E-state index in [9.17, 15) is 5.11 Å². The van der Waals surface area contributed by atoms with Crippen molar-refractivity contribution in [1.29, 1.82) is 0 Å². The van der Waals surface area contributed by atoms with Crippen molar-refractivity contribution in [3.05, 3.63) is 24.3 Å². The summed E-state index contributed by atoms with van der Waals surface area (Å²) in [6.07, 6.45) is -0.436. The Bertz CT molecular complexity index is 302. The zero-order valence-electron chi connectivity index (χ0n) is 9.36. The van der Waals surface area contributed by atoms with Gasteiger partial charge in [0, 0.05) is 6.07 Å². The lowest BCUT2D eigenvalue weighted by atomic mass is 10.3. The summed E-state index contributed by atoms with van der Waals surface area (Å²) in [5.41, 5.74) is 4.70. The van der Waals surface area contributed by atoms with Crippen molar-refractivity contribution in [3.8, 4) is 5.75 Å². The lowest BCUT2D eigenvalue weighted by Crippen LogP contribution is -3.07. The minimum Gasteiger partial charge on any atom is -0.484 e. The van der Waals surface area contributed by atoms with Gasteiger partial charge in [0.25, 0.3) is 0 Å². The smallest absolute Gasteiger partial charge is 0.179 e. The van der Waals surface area contributed by atoms with Crippen LogP contribution in [0.1, 0.15) is 0 Å². The van der Waals surface area contributed by atoms with Gasteiger partial charge in [0.05, 0.1) is 14.1 Å². The second kappa shape index (κ2) is 5.70. The number of benzene rings is 1. The van der Waals surface area contributed by atoms with Crippen LogP contribution in [0.25, 0.3) is 0 Å². The van der Waals surface area contributed by atoms with E-state index in [4.69, 9.17) is 4.74 Å². The number of hydrogen-bond acceptors (Lipinski definition) is 2. The fourth-order valence-electron chi connectivity index (χ4n) is 1.36. The van der Waals surface area contributed by atoms with E-state index in [0.29, 0.717) is 13.2 Å². The molecule has 1 atom stereocenters. The number of likely N-dealkylation sites (N-methyl/N-ethyl adjacent to an activating group) is 1. The lowest BCUT2D eigenvalue weighted by molar-refractivity contribution is -0.861. The Hall–Kier alpha value is -1.10. The van der Waals surface area contributed by atoms with E-state index < -0.39 is 6.10 Å². The van der Waals surface area contributed by atoms with E-state index in [1.165, 1.54) is 4.90 Å². The summed E-state index contributed by atoms with van der Waals surface area (Å²) in [6, 6.07) is 7.56. The van der Waals surface area contributed by atoms with Gasteiger partial charge in [0.1, 0.15) is 19.3 Å². The Morgan fingerprint density at radius 3 is 2.67 bits per heavy atom. The number of aliphatic hydroxyl groups excluding tert-OH is 1. The van der Waals surface area contributed by atoms with Crippen LogP contribution in [0.5, 0.6) is 5.75 Å². The highest BCUT2D eigenvalue weighted by atomic mass is 16.5. The van der Waals surface area contributed by atoms with Crippen LogP contribution in [0.2, 0.25) is 0 Å². The molecule has 1 rings (SSSR count). The van der Waals surface area contributed by atoms with E-state index in [1.54, 1.807) is 0 Å². The fourth-order valence-corrected chi connectivity index (χ4v) is 1.36. The molecule has 5 N–H and O–H groups in total. The topological polar surface area (TPSA) is 61.5 Å². The molecular weight excluding hydrogens is 192 g/mol. The molecule has 84 valence electrons. The largest absolute Gasteiger partial charge is 0.484 e. The van der Waals surface area contributed by atoms with Crippen molar-refractivity contribution in [1.82, 2.24) is 0 Å². The molecular formula is C11H20N2O2+2. The molecule has 0 aliphatic carbocycles. The summed E-state index contributed by atoms with van der Waals surface area (Å²) in [7, 11) is 4.00. The predicted molar refractivity (Wildman–Crippen MR) is 58.2 cm³/mol. The molecule has 0 radical (unpaired) electrons. The molecule has 0 aliphatic rings. The molecule has 0 aromatic heterocycles. The van der Waals surface area contributed by atoms with Crippen LogP contribution in [0, 0.1) is 0 Å². The molecule has 0 bridgehead atoms. The Labute approximate surface area is 90.3 Å². The van der Waals surface area contributed by atoms with Gasteiger partial charge in [0.15, 0.2) is 11.4 Å². The third kappa shape index (κ3) is 4.29. The molecule has 1 aromatic rings. The Morgan fingerprint density at radius 1 is 1.40 bits per heavy atom. The monoisotopic (exact) mass is 212 g/mol. The number of quaternary nitrogens is 2. The van der Waals surface area contributed by atoms with Crippen molar-refractivity contribution in [2.75, 3.05) is 27.2 Å². The average molecular weight is 212 g/mol. The summed E-state index contributed by atoms with van der Waals surface area (Å²) in [5.74, 6) is 0.741. The van der Waals surface area contributed by atoms with Crippen molar-refractivity contribution in [2.45, 2.75) is 6.10 Å². The van der Waals surface area contributed by atoms with Gasteiger partial charge in [-0.15, -0.1) is 0 Å². The van der Waals surface area contributed by atoms with Gasteiger partial charge in [-0.05, 0) is 6.07 Å². The number of nitrogens with one attached hydrogen (secondary N) is 1. The summed E-state index contributed by atoms with van der Waals surface area (Å²) in [6.45, 7) is 0.997. The van der Waals surface area contributed by atoms with Gasteiger partial charge in [0.2, 0.25) is 0 Å².